The number of amides is 1. The predicted molar refractivity (Wildman–Crippen MR) is 67.2 cm³/mol. The van der Waals surface area contributed by atoms with Crippen LogP contribution in [0.25, 0.3) is 0 Å². The van der Waals surface area contributed by atoms with Crippen LogP contribution in [0.2, 0.25) is 0 Å². The summed E-state index contributed by atoms with van der Waals surface area (Å²) in [7, 11) is 0. The molecule has 0 atom stereocenters. The summed E-state index contributed by atoms with van der Waals surface area (Å²) in [6.45, 7) is 2.12. The molecule has 0 aliphatic carbocycles. The number of likely N-dealkylation sites (tertiary alicyclic amines) is 1. The summed E-state index contributed by atoms with van der Waals surface area (Å²) in [6.07, 6.45) is -2.29. The molecule has 2 rings (SSSR count). The lowest BCUT2D eigenvalue weighted by atomic mass is 9.96. The molecule has 0 saturated carbocycles. The molecular formula is C13H21F3N2O2. The topological polar surface area (TPSA) is 41.6 Å². The standard InChI is InChI=1S/C13H21F3N2O2/c14-13(15,16)10-3-7-18(8-4-10)12(19)9-20-11-1-5-17-6-2-11/h10-11,17H,1-9H2. The minimum absolute atomic E-state index is 0.00257. The van der Waals surface area contributed by atoms with Gasteiger partial charge in [0.05, 0.1) is 12.0 Å². The predicted octanol–water partition coefficient (Wildman–Crippen LogP) is 1.56. The number of hydrogen-bond donors (Lipinski definition) is 1. The van der Waals surface area contributed by atoms with E-state index >= 15 is 0 Å². The molecule has 2 aliphatic rings. The van der Waals surface area contributed by atoms with Crippen LogP contribution in [0.3, 0.4) is 0 Å². The van der Waals surface area contributed by atoms with E-state index in [9.17, 15) is 18.0 Å². The number of halogens is 3. The first-order valence-electron chi connectivity index (χ1n) is 7.13. The summed E-state index contributed by atoms with van der Waals surface area (Å²) in [5.74, 6) is -1.46. The van der Waals surface area contributed by atoms with Crippen LogP contribution in [-0.2, 0) is 9.53 Å². The third-order valence-corrected chi connectivity index (χ3v) is 4.04. The largest absolute Gasteiger partial charge is 0.391 e. The van der Waals surface area contributed by atoms with E-state index in [1.54, 1.807) is 0 Å². The molecule has 116 valence electrons. The highest BCUT2D eigenvalue weighted by molar-refractivity contribution is 5.77. The second-order valence-electron chi connectivity index (χ2n) is 5.46. The summed E-state index contributed by atoms with van der Waals surface area (Å²) in [5, 5.41) is 3.20. The van der Waals surface area contributed by atoms with E-state index < -0.39 is 12.1 Å². The van der Waals surface area contributed by atoms with Gasteiger partial charge in [0.25, 0.3) is 0 Å². The van der Waals surface area contributed by atoms with Crippen molar-refractivity contribution in [3.05, 3.63) is 0 Å². The summed E-state index contributed by atoms with van der Waals surface area (Å²) >= 11 is 0. The van der Waals surface area contributed by atoms with Gasteiger partial charge in [-0.25, -0.2) is 0 Å². The van der Waals surface area contributed by atoms with Crippen molar-refractivity contribution in [3.8, 4) is 0 Å². The van der Waals surface area contributed by atoms with Crippen molar-refractivity contribution in [2.45, 2.75) is 38.0 Å². The number of carbonyl (C=O) groups excluding carboxylic acids is 1. The number of hydrogen-bond acceptors (Lipinski definition) is 3. The molecular weight excluding hydrogens is 273 g/mol. The van der Waals surface area contributed by atoms with Crippen LogP contribution in [0.4, 0.5) is 13.2 Å². The van der Waals surface area contributed by atoms with Crippen molar-refractivity contribution in [2.24, 2.45) is 5.92 Å². The van der Waals surface area contributed by atoms with Crippen LogP contribution in [0.15, 0.2) is 0 Å². The Labute approximate surface area is 116 Å². The molecule has 2 saturated heterocycles. The Bertz CT molecular complexity index is 322. The molecule has 2 heterocycles. The number of carbonyl (C=O) groups is 1. The highest BCUT2D eigenvalue weighted by Gasteiger charge is 2.41. The number of rotatable bonds is 3. The molecule has 4 nitrogen and oxygen atoms in total. The number of nitrogens with one attached hydrogen (secondary N) is 1. The minimum atomic E-state index is -4.14. The third kappa shape index (κ3) is 4.34. The number of nitrogens with zero attached hydrogens (tertiary/aromatic N) is 1. The van der Waals surface area contributed by atoms with Crippen LogP contribution >= 0.6 is 0 Å². The fourth-order valence-electron chi connectivity index (χ4n) is 2.70. The number of alkyl halides is 3. The lowest BCUT2D eigenvalue weighted by Gasteiger charge is -2.33. The number of ether oxygens (including phenoxy) is 1. The van der Waals surface area contributed by atoms with Gasteiger partial charge in [0.15, 0.2) is 0 Å². The first-order valence-corrected chi connectivity index (χ1v) is 7.13. The second-order valence-corrected chi connectivity index (χ2v) is 5.46. The lowest BCUT2D eigenvalue weighted by Crippen LogP contribution is -2.44. The van der Waals surface area contributed by atoms with E-state index in [4.69, 9.17) is 4.74 Å². The summed E-state index contributed by atoms with van der Waals surface area (Å²) in [6, 6.07) is 0. The van der Waals surface area contributed by atoms with Gasteiger partial charge in [-0.3, -0.25) is 4.79 Å². The van der Waals surface area contributed by atoms with Crippen LogP contribution in [0.5, 0.6) is 0 Å². The molecule has 0 aromatic rings. The SMILES string of the molecule is O=C(COC1CCNCC1)N1CCC(C(F)(F)F)CC1. The highest BCUT2D eigenvalue weighted by Crippen LogP contribution is 2.34. The van der Waals surface area contributed by atoms with E-state index in [1.165, 1.54) is 4.90 Å². The molecule has 20 heavy (non-hydrogen) atoms. The van der Waals surface area contributed by atoms with E-state index in [0.29, 0.717) is 0 Å². The smallest absolute Gasteiger partial charge is 0.368 e. The van der Waals surface area contributed by atoms with E-state index in [0.717, 1.165) is 25.9 Å². The minimum Gasteiger partial charge on any atom is -0.368 e. The van der Waals surface area contributed by atoms with Crippen molar-refractivity contribution in [3.63, 3.8) is 0 Å². The van der Waals surface area contributed by atoms with Crippen molar-refractivity contribution in [2.75, 3.05) is 32.8 Å². The number of piperidine rings is 2. The molecule has 1 amide bonds. The average Bonchev–Trinajstić information content (AvgIpc) is 2.45. The summed E-state index contributed by atoms with van der Waals surface area (Å²) in [5.41, 5.74) is 0. The molecule has 0 spiro atoms. The fraction of sp³-hybridized carbons (Fsp3) is 0.923. The van der Waals surface area contributed by atoms with Gasteiger partial charge in [-0.15, -0.1) is 0 Å². The Morgan fingerprint density at radius 3 is 2.30 bits per heavy atom. The Morgan fingerprint density at radius 2 is 1.75 bits per heavy atom. The van der Waals surface area contributed by atoms with Gasteiger partial charge in [-0.05, 0) is 38.8 Å². The van der Waals surface area contributed by atoms with Crippen LogP contribution in [-0.4, -0.2) is 55.9 Å². The molecule has 2 aliphatic heterocycles. The molecule has 0 aromatic heterocycles. The average molecular weight is 294 g/mol. The molecule has 7 heteroatoms. The van der Waals surface area contributed by atoms with Gasteiger partial charge in [0, 0.05) is 13.1 Å². The maximum atomic E-state index is 12.5. The zero-order valence-corrected chi connectivity index (χ0v) is 11.4. The van der Waals surface area contributed by atoms with Gasteiger partial charge >= 0.3 is 6.18 Å². The monoisotopic (exact) mass is 294 g/mol. The van der Waals surface area contributed by atoms with Crippen LogP contribution in [0.1, 0.15) is 25.7 Å². The molecule has 0 bridgehead atoms. The zero-order chi connectivity index (χ0) is 14.6. The van der Waals surface area contributed by atoms with Gasteiger partial charge in [-0.1, -0.05) is 0 Å². The maximum absolute atomic E-state index is 12.5. The fourth-order valence-corrected chi connectivity index (χ4v) is 2.70. The van der Waals surface area contributed by atoms with Crippen molar-refractivity contribution in [1.82, 2.24) is 10.2 Å². The molecule has 1 N–H and O–H groups in total. The van der Waals surface area contributed by atoms with E-state index in [2.05, 4.69) is 5.32 Å². The van der Waals surface area contributed by atoms with Crippen molar-refractivity contribution >= 4 is 5.91 Å². The Balaban J connectivity index is 1.69. The molecule has 0 unspecified atom stereocenters. The Morgan fingerprint density at radius 1 is 1.15 bits per heavy atom. The van der Waals surface area contributed by atoms with Crippen LogP contribution in [0, 0.1) is 5.92 Å². The zero-order valence-electron chi connectivity index (χ0n) is 11.4. The van der Waals surface area contributed by atoms with Crippen molar-refractivity contribution < 1.29 is 22.7 Å². The maximum Gasteiger partial charge on any atom is 0.391 e. The normalized spacial score (nSPS) is 23.1. The second kappa shape index (κ2) is 6.76. The first-order chi connectivity index (χ1) is 9.47. The first kappa shape index (κ1) is 15.6. The molecule has 2 fully saturated rings. The molecule has 0 radical (unpaired) electrons. The van der Waals surface area contributed by atoms with E-state index in [-0.39, 0.29) is 44.5 Å². The van der Waals surface area contributed by atoms with Crippen molar-refractivity contribution in [1.29, 1.82) is 0 Å². The summed E-state index contributed by atoms with van der Waals surface area (Å²) < 4.78 is 43.1. The lowest BCUT2D eigenvalue weighted by molar-refractivity contribution is -0.187. The third-order valence-electron chi connectivity index (χ3n) is 4.04. The van der Waals surface area contributed by atoms with E-state index in [1.807, 2.05) is 0 Å². The van der Waals surface area contributed by atoms with Gasteiger partial charge in [0.1, 0.15) is 6.61 Å². The summed E-state index contributed by atoms with van der Waals surface area (Å²) in [4.78, 5) is 13.4. The van der Waals surface area contributed by atoms with Gasteiger partial charge in [0.2, 0.25) is 5.91 Å². The highest BCUT2D eigenvalue weighted by atomic mass is 19.4. The molecule has 0 aromatic carbocycles. The van der Waals surface area contributed by atoms with Gasteiger partial charge < -0.3 is 15.0 Å². The van der Waals surface area contributed by atoms with Crippen LogP contribution < -0.4 is 5.32 Å². The quantitative estimate of drug-likeness (QED) is 0.859. The van der Waals surface area contributed by atoms with Gasteiger partial charge in [-0.2, -0.15) is 13.2 Å². The Kier molecular flexibility index (Phi) is 5.26. The Hall–Kier alpha value is -0.820.